The van der Waals surface area contributed by atoms with Gasteiger partial charge in [-0.1, -0.05) is 36.0 Å². The summed E-state index contributed by atoms with van der Waals surface area (Å²) in [6.07, 6.45) is 3.56. The zero-order chi connectivity index (χ0) is 17.1. The molecule has 0 aliphatic heterocycles. The highest BCUT2D eigenvalue weighted by Gasteiger charge is 2.08. The number of fused-ring (bicyclic) bond motifs is 1. The second-order valence-corrected chi connectivity index (χ2v) is 6.89. The maximum atomic E-state index is 4.33. The number of hydrogen-bond donors (Lipinski definition) is 1. The minimum absolute atomic E-state index is 0.748. The van der Waals surface area contributed by atoms with E-state index >= 15 is 0 Å². The fourth-order valence-electron chi connectivity index (χ4n) is 2.68. The molecule has 0 unspecified atom stereocenters. The van der Waals surface area contributed by atoms with Gasteiger partial charge in [-0.2, -0.15) is 0 Å². The van der Waals surface area contributed by atoms with Crippen LogP contribution < -0.4 is 5.32 Å². The fourth-order valence-corrected chi connectivity index (χ4v) is 3.59. The van der Waals surface area contributed by atoms with Crippen molar-refractivity contribution in [1.29, 1.82) is 0 Å². The maximum Gasteiger partial charge on any atom is 0.161 e. The van der Waals surface area contributed by atoms with E-state index in [-0.39, 0.29) is 0 Å². The van der Waals surface area contributed by atoms with Crippen molar-refractivity contribution in [3.63, 3.8) is 0 Å². The molecule has 4 heteroatoms. The molecule has 3 nitrogen and oxygen atoms in total. The minimum Gasteiger partial charge on any atom is -0.354 e. The molecule has 0 atom stereocenters. The van der Waals surface area contributed by atoms with Crippen LogP contribution >= 0.6 is 11.8 Å². The van der Waals surface area contributed by atoms with Crippen molar-refractivity contribution in [2.45, 2.75) is 16.7 Å². The number of anilines is 2. The standard InChI is InChI=1S/C21H17N3S/c1-15-9-10-20(25-16-6-3-2-4-7-16)19(14-15)24-18-11-13-23-21-17(18)8-5-12-22-21/h2-14H,1H3,(H,22,23,24). The number of pyridine rings is 2. The molecule has 1 N–H and O–H groups in total. The molecule has 0 spiro atoms. The maximum absolute atomic E-state index is 4.33. The molecule has 25 heavy (non-hydrogen) atoms. The summed E-state index contributed by atoms with van der Waals surface area (Å²) in [7, 11) is 0. The number of nitrogens with zero attached hydrogens (tertiary/aromatic N) is 2. The Bertz CT molecular complexity index is 1010. The highest BCUT2D eigenvalue weighted by molar-refractivity contribution is 7.99. The van der Waals surface area contributed by atoms with Gasteiger partial charge in [0.2, 0.25) is 0 Å². The van der Waals surface area contributed by atoms with Gasteiger partial charge in [-0.15, -0.1) is 0 Å². The summed E-state index contributed by atoms with van der Waals surface area (Å²) >= 11 is 1.75. The van der Waals surface area contributed by atoms with Crippen molar-refractivity contribution in [2.24, 2.45) is 0 Å². The minimum atomic E-state index is 0.748. The molecule has 2 aromatic carbocycles. The van der Waals surface area contributed by atoms with Crippen molar-refractivity contribution < 1.29 is 0 Å². The van der Waals surface area contributed by atoms with Crippen LogP contribution in [0.4, 0.5) is 11.4 Å². The molecule has 4 rings (SSSR count). The number of benzene rings is 2. The van der Waals surface area contributed by atoms with Gasteiger partial charge in [-0.25, -0.2) is 9.97 Å². The van der Waals surface area contributed by atoms with Gasteiger partial charge in [0.05, 0.1) is 11.4 Å². The molecule has 0 saturated carbocycles. The Kier molecular flexibility index (Phi) is 4.36. The Morgan fingerprint density at radius 1 is 0.800 bits per heavy atom. The molecule has 2 heterocycles. The fraction of sp³-hybridized carbons (Fsp3) is 0.0476. The van der Waals surface area contributed by atoms with E-state index in [1.54, 1.807) is 24.2 Å². The molecule has 0 saturated heterocycles. The number of aryl methyl sites for hydroxylation is 1. The van der Waals surface area contributed by atoms with Crippen LogP contribution in [-0.2, 0) is 0 Å². The zero-order valence-electron chi connectivity index (χ0n) is 13.8. The van der Waals surface area contributed by atoms with E-state index in [1.807, 2.05) is 24.3 Å². The summed E-state index contributed by atoms with van der Waals surface area (Å²) < 4.78 is 0. The molecule has 0 aliphatic rings. The van der Waals surface area contributed by atoms with E-state index in [2.05, 4.69) is 64.7 Å². The van der Waals surface area contributed by atoms with Gasteiger partial charge in [-0.05, 0) is 55.0 Å². The van der Waals surface area contributed by atoms with E-state index < -0.39 is 0 Å². The lowest BCUT2D eigenvalue weighted by Crippen LogP contribution is -1.96. The van der Waals surface area contributed by atoms with Crippen LogP contribution in [0.5, 0.6) is 0 Å². The van der Waals surface area contributed by atoms with E-state index in [0.29, 0.717) is 0 Å². The summed E-state index contributed by atoms with van der Waals surface area (Å²) in [5.41, 5.74) is 4.07. The second-order valence-electron chi connectivity index (χ2n) is 5.77. The predicted octanol–water partition coefficient (Wildman–Crippen LogP) is 5.83. The molecule has 122 valence electrons. The van der Waals surface area contributed by atoms with Crippen molar-refractivity contribution in [1.82, 2.24) is 9.97 Å². The monoisotopic (exact) mass is 343 g/mol. The Morgan fingerprint density at radius 2 is 1.64 bits per heavy atom. The summed E-state index contributed by atoms with van der Waals surface area (Å²) in [5, 5.41) is 4.59. The Hall–Kier alpha value is -2.85. The zero-order valence-corrected chi connectivity index (χ0v) is 14.6. The number of rotatable bonds is 4. The largest absolute Gasteiger partial charge is 0.354 e. The Morgan fingerprint density at radius 3 is 2.52 bits per heavy atom. The first kappa shape index (κ1) is 15.7. The SMILES string of the molecule is Cc1ccc(Sc2ccccc2)c(Nc2ccnc3ncccc23)c1. The lowest BCUT2D eigenvalue weighted by Gasteiger charge is -2.14. The average molecular weight is 343 g/mol. The molecular formula is C21H17N3S. The second kappa shape index (κ2) is 6.95. The van der Waals surface area contributed by atoms with Crippen LogP contribution in [0.15, 0.2) is 88.9 Å². The van der Waals surface area contributed by atoms with Crippen molar-refractivity contribution in [2.75, 3.05) is 5.32 Å². The van der Waals surface area contributed by atoms with Gasteiger partial charge in [0, 0.05) is 27.6 Å². The summed E-state index contributed by atoms with van der Waals surface area (Å²) in [6, 6.07) is 22.9. The molecule has 0 fully saturated rings. The molecule has 0 radical (unpaired) electrons. The lowest BCUT2D eigenvalue weighted by molar-refractivity contribution is 1.28. The number of nitrogens with one attached hydrogen (secondary N) is 1. The Balaban J connectivity index is 1.73. The van der Waals surface area contributed by atoms with Gasteiger partial charge in [0.15, 0.2) is 5.65 Å². The average Bonchev–Trinajstić information content (AvgIpc) is 2.65. The quantitative estimate of drug-likeness (QED) is 0.506. The molecule has 0 bridgehead atoms. The highest BCUT2D eigenvalue weighted by atomic mass is 32.2. The van der Waals surface area contributed by atoms with Crippen molar-refractivity contribution in [3.05, 3.63) is 84.7 Å². The smallest absolute Gasteiger partial charge is 0.161 e. The van der Waals surface area contributed by atoms with Gasteiger partial charge in [0.25, 0.3) is 0 Å². The molecular weight excluding hydrogens is 326 g/mol. The summed E-state index contributed by atoms with van der Waals surface area (Å²) in [6.45, 7) is 2.11. The third-order valence-electron chi connectivity index (χ3n) is 3.89. The summed E-state index contributed by atoms with van der Waals surface area (Å²) in [4.78, 5) is 11.1. The van der Waals surface area contributed by atoms with Gasteiger partial charge in [-0.3, -0.25) is 0 Å². The predicted molar refractivity (Wildman–Crippen MR) is 105 cm³/mol. The van der Waals surface area contributed by atoms with E-state index in [0.717, 1.165) is 22.4 Å². The number of aromatic nitrogens is 2. The first-order chi connectivity index (χ1) is 12.3. The lowest BCUT2D eigenvalue weighted by atomic mass is 10.2. The molecule has 4 aromatic rings. The van der Waals surface area contributed by atoms with E-state index in [4.69, 9.17) is 0 Å². The van der Waals surface area contributed by atoms with Gasteiger partial charge < -0.3 is 5.32 Å². The van der Waals surface area contributed by atoms with Crippen LogP contribution in [-0.4, -0.2) is 9.97 Å². The van der Waals surface area contributed by atoms with Crippen LogP contribution in [0.2, 0.25) is 0 Å². The van der Waals surface area contributed by atoms with Crippen molar-refractivity contribution in [3.8, 4) is 0 Å². The molecule has 0 amide bonds. The van der Waals surface area contributed by atoms with Crippen LogP contribution in [0.3, 0.4) is 0 Å². The van der Waals surface area contributed by atoms with Crippen LogP contribution in [0.25, 0.3) is 11.0 Å². The normalized spacial score (nSPS) is 10.8. The van der Waals surface area contributed by atoms with E-state index in [1.165, 1.54) is 15.4 Å². The van der Waals surface area contributed by atoms with Crippen molar-refractivity contribution >= 4 is 34.2 Å². The summed E-state index contributed by atoms with van der Waals surface area (Å²) in [5.74, 6) is 0. The van der Waals surface area contributed by atoms with Gasteiger partial charge >= 0.3 is 0 Å². The van der Waals surface area contributed by atoms with E-state index in [9.17, 15) is 0 Å². The first-order valence-electron chi connectivity index (χ1n) is 8.10. The molecule has 2 aromatic heterocycles. The highest BCUT2D eigenvalue weighted by Crippen LogP contribution is 2.36. The third-order valence-corrected chi connectivity index (χ3v) is 4.97. The van der Waals surface area contributed by atoms with Crippen LogP contribution in [0.1, 0.15) is 5.56 Å². The third kappa shape index (κ3) is 3.49. The Labute approximate surface area is 151 Å². The topological polar surface area (TPSA) is 37.8 Å². The molecule has 0 aliphatic carbocycles. The van der Waals surface area contributed by atoms with Crippen LogP contribution in [0, 0.1) is 6.92 Å². The van der Waals surface area contributed by atoms with Gasteiger partial charge in [0.1, 0.15) is 0 Å². The number of hydrogen-bond acceptors (Lipinski definition) is 4. The first-order valence-corrected chi connectivity index (χ1v) is 8.91.